The summed E-state index contributed by atoms with van der Waals surface area (Å²) in [5.41, 5.74) is 0. The van der Waals surface area contributed by atoms with Gasteiger partial charge in [-0.15, -0.1) is 0 Å². The van der Waals surface area contributed by atoms with E-state index in [0.29, 0.717) is 0 Å². The molecule has 0 aromatic rings. The summed E-state index contributed by atoms with van der Waals surface area (Å²) in [6.45, 7) is -0.828. The van der Waals surface area contributed by atoms with E-state index < -0.39 is 18.7 Å². The van der Waals surface area contributed by atoms with Gasteiger partial charge in [-0.2, -0.15) is 18.3 Å². The Morgan fingerprint density at radius 2 is 2.08 bits per heavy atom. The summed E-state index contributed by atoms with van der Waals surface area (Å²) in [6, 6.07) is 0. The van der Waals surface area contributed by atoms with Gasteiger partial charge in [0, 0.05) is 7.05 Å². The van der Waals surface area contributed by atoms with Crippen molar-refractivity contribution in [2.24, 2.45) is 5.10 Å². The molecule has 0 aromatic heterocycles. The molecule has 0 bridgehead atoms. The second kappa shape index (κ2) is 3.39. The molecule has 7 heteroatoms. The van der Waals surface area contributed by atoms with Crippen molar-refractivity contribution in [2.75, 3.05) is 26.9 Å². The molecule has 0 amide bonds. The van der Waals surface area contributed by atoms with Crippen molar-refractivity contribution in [3.05, 3.63) is 0 Å². The first-order valence-corrected chi connectivity index (χ1v) is 3.63. The zero-order chi connectivity index (χ0) is 10.1. The van der Waals surface area contributed by atoms with E-state index >= 15 is 0 Å². The molecule has 0 saturated carbocycles. The molecule has 1 aliphatic rings. The molecule has 0 aromatic carbocycles. The highest BCUT2D eigenvalue weighted by molar-refractivity contribution is 5.88. The number of halogens is 4. The lowest BCUT2D eigenvalue weighted by molar-refractivity contribution is -0.0663. The highest BCUT2D eigenvalue weighted by Gasteiger charge is 2.42. The molecule has 1 heterocycles. The van der Waals surface area contributed by atoms with E-state index in [2.05, 4.69) is 5.10 Å². The number of hydrogen-bond acceptors (Lipinski definition) is 3. The Balaban J connectivity index is 2.68. The van der Waals surface area contributed by atoms with Crippen molar-refractivity contribution in [2.45, 2.75) is 6.18 Å². The third-order valence-electron chi connectivity index (χ3n) is 1.57. The van der Waals surface area contributed by atoms with Gasteiger partial charge in [-0.1, -0.05) is 0 Å². The predicted molar refractivity (Wildman–Crippen MR) is 38.8 cm³/mol. The van der Waals surface area contributed by atoms with Crippen molar-refractivity contribution >= 4 is 5.84 Å². The quantitative estimate of drug-likeness (QED) is 0.619. The van der Waals surface area contributed by atoms with Crippen LogP contribution in [0.2, 0.25) is 0 Å². The summed E-state index contributed by atoms with van der Waals surface area (Å²) in [5, 5.41) is 4.29. The third-order valence-corrected chi connectivity index (χ3v) is 1.57. The number of rotatable bonds is 2. The van der Waals surface area contributed by atoms with Gasteiger partial charge in [0.05, 0.1) is 6.54 Å². The Morgan fingerprint density at radius 1 is 1.46 bits per heavy atom. The van der Waals surface area contributed by atoms with Crippen LogP contribution in [-0.4, -0.2) is 48.9 Å². The smallest absolute Gasteiger partial charge is 0.335 e. The first kappa shape index (κ1) is 10.1. The Morgan fingerprint density at radius 3 is 2.46 bits per heavy atom. The minimum atomic E-state index is -4.46. The van der Waals surface area contributed by atoms with E-state index in [1.807, 2.05) is 0 Å². The number of alkyl halides is 4. The third kappa shape index (κ3) is 2.22. The molecule has 1 rings (SSSR count). The van der Waals surface area contributed by atoms with Gasteiger partial charge in [-0.3, -0.25) is 5.01 Å². The van der Waals surface area contributed by atoms with Crippen LogP contribution < -0.4 is 0 Å². The van der Waals surface area contributed by atoms with Gasteiger partial charge >= 0.3 is 6.18 Å². The topological polar surface area (TPSA) is 18.8 Å². The molecular weight excluding hydrogens is 190 g/mol. The van der Waals surface area contributed by atoms with E-state index in [1.165, 1.54) is 7.05 Å². The molecule has 3 nitrogen and oxygen atoms in total. The van der Waals surface area contributed by atoms with Crippen LogP contribution in [0.3, 0.4) is 0 Å². The molecule has 0 aliphatic carbocycles. The van der Waals surface area contributed by atoms with E-state index in [1.54, 1.807) is 0 Å². The van der Waals surface area contributed by atoms with Gasteiger partial charge in [0.15, 0.2) is 0 Å². The molecule has 76 valence electrons. The molecule has 0 spiro atoms. The molecule has 13 heavy (non-hydrogen) atoms. The van der Waals surface area contributed by atoms with Crippen molar-refractivity contribution in [3.63, 3.8) is 0 Å². The summed E-state index contributed by atoms with van der Waals surface area (Å²) in [5.74, 6) is -0.971. The maximum absolute atomic E-state index is 12.1. The van der Waals surface area contributed by atoms with E-state index in [9.17, 15) is 17.6 Å². The molecule has 0 N–H and O–H groups in total. The number of amidine groups is 1. The minimum Gasteiger partial charge on any atom is -0.335 e. The van der Waals surface area contributed by atoms with Crippen molar-refractivity contribution in [1.82, 2.24) is 9.91 Å². The second-order valence-electron chi connectivity index (χ2n) is 2.68. The lowest BCUT2D eigenvalue weighted by atomic mass is 10.5. The second-order valence-corrected chi connectivity index (χ2v) is 2.68. The van der Waals surface area contributed by atoms with E-state index in [-0.39, 0.29) is 13.2 Å². The average Bonchev–Trinajstić information content (AvgIpc) is 2.30. The number of hydrazone groups is 1. The van der Waals surface area contributed by atoms with Crippen LogP contribution in [0.1, 0.15) is 0 Å². The summed E-state index contributed by atoms with van der Waals surface area (Å²) >= 11 is 0. The van der Waals surface area contributed by atoms with Crippen LogP contribution in [0.15, 0.2) is 5.10 Å². The lowest BCUT2D eigenvalue weighted by Crippen LogP contribution is -2.36. The van der Waals surface area contributed by atoms with Gasteiger partial charge in [-0.25, -0.2) is 4.39 Å². The molecular formula is C6H9F4N3. The van der Waals surface area contributed by atoms with E-state index in [4.69, 9.17) is 0 Å². The molecule has 0 fully saturated rings. The summed E-state index contributed by atoms with van der Waals surface area (Å²) in [4.78, 5) is 0.940. The summed E-state index contributed by atoms with van der Waals surface area (Å²) < 4.78 is 48.2. The zero-order valence-corrected chi connectivity index (χ0v) is 6.97. The van der Waals surface area contributed by atoms with Gasteiger partial charge < -0.3 is 4.90 Å². The predicted octanol–water partition coefficient (Wildman–Crippen LogP) is 1.04. The van der Waals surface area contributed by atoms with Crippen LogP contribution in [0.25, 0.3) is 0 Å². The SMILES string of the molecule is CN1CN(CCF)N=C1C(F)(F)F. The van der Waals surface area contributed by atoms with Gasteiger partial charge in [0.1, 0.15) is 13.3 Å². The van der Waals surface area contributed by atoms with E-state index in [0.717, 1.165) is 9.91 Å². The Bertz CT molecular complexity index is 212. The highest BCUT2D eigenvalue weighted by Crippen LogP contribution is 2.23. The monoisotopic (exact) mass is 199 g/mol. The van der Waals surface area contributed by atoms with Crippen LogP contribution in [0.5, 0.6) is 0 Å². The van der Waals surface area contributed by atoms with Crippen molar-refractivity contribution in [3.8, 4) is 0 Å². The molecule has 0 saturated heterocycles. The fourth-order valence-electron chi connectivity index (χ4n) is 1.05. The summed E-state index contributed by atoms with van der Waals surface area (Å²) in [6.07, 6.45) is -4.46. The molecule has 1 aliphatic heterocycles. The Hall–Kier alpha value is -1.01. The number of hydrogen-bond donors (Lipinski definition) is 0. The minimum absolute atomic E-state index is 0.0151. The molecule has 0 radical (unpaired) electrons. The first-order chi connectivity index (χ1) is 5.95. The maximum atomic E-state index is 12.1. The van der Waals surface area contributed by atoms with Gasteiger partial charge in [0.25, 0.3) is 0 Å². The average molecular weight is 199 g/mol. The summed E-state index contributed by atoms with van der Waals surface area (Å²) in [7, 11) is 1.27. The fraction of sp³-hybridized carbons (Fsp3) is 0.833. The Labute approximate surface area is 72.6 Å². The number of nitrogens with zero attached hydrogens (tertiary/aromatic N) is 3. The van der Waals surface area contributed by atoms with Crippen LogP contribution in [0, 0.1) is 0 Å². The Kier molecular flexibility index (Phi) is 2.63. The molecule has 0 atom stereocenters. The fourth-order valence-corrected chi connectivity index (χ4v) is 1.05. The lowest BCUT2D eigenvalue weighted by Gasteiger charge is -2.15. The van der Waals surface area contributed by atoms with Gasteiger partial charge in [-0.05, 0) is 0 Å². The van der Waals surface area contributed by atoms with Gasteiger partial charge in [0.2, 0.25) is 5.84 Å². The van der Waals surface area contributed by atoms with Crippen LogP contribution in [0.4, 0.5) is 17.6 Å². The first-order valence-electron chi connectivity index (χ1n) is 3.63. The maximum Gasteiger partial charge on any atom is 0.451 e. The zero-order valence-electron chi connectivity index (χ0n) is 6.97. The van der Waals surface area contributed by atoms with Crippen LogP contribution >= 0.6 is 0 Å². The standard InChI is InChI=1S/C6H9F4N3/c1-12-4-13(3-2-7)11-5(12)6(8,9)10/h2-4H2,1H3. The largest absolute Gasteiger partial charge is 0.451 e. The van der Waals surface area contributed by atoms with Crippen molar-refractivity contribution in [1.29, 1.82) is 0 Å². The molecule has 0 unspecified atom stereocenters. The van der Waals surface area contributed by atoms with Crippen molar-refractivity contribution < 1.29 is 17.6 Å². The normalized spacial score (nSPS) is 18.1. The highest BCUT2D eigenvalue weighted by atomic mass is 19.4. The van der Waals surface area contributed by atoms with Crippen LogP contribution in [-0.2, 0) is 0 Å².